The van der Waals surface area contributed by atoms with E-state index in [0.29, 0.717) is 5.65 Å². The average Bonchev–Trinajstić information content (AvgIpc) is 2.94. The third-order valence-electron chi connectivity index (χ3n) is 2.90. The normalized spacial score (nSPS) is 10.7. The van der Waals surface area contributed by atoms with Crippen LogP contribution in [0.15, 0.2) is 42.7 Å². The van der Waals surface area contributed by atoms with E-state index in [0.717, 1.165) is 25.2 Å². The molecule has 96 valence electrons. The first-order valence-electron chi connectivity index (χ1n) is 6.23. The molecule has 2 heterocycles. The zero-order chi connectivity index (χ0) is 12.9. The van der Waals surface area contributed by atoms with E-state index in [-0.39, 0.29) is 0 Å². The number of nitrogens with zero attached hydrogens (tertiary/aromatic N) is 5. The predicted octanol–water partition coefficient (Wildman–Crippen LogP) is 1.56. The SMILES string of the molecule is c1ccc(CCCNc2cncc3nnnn23)cc1. The van der Waals surface area contributed by atoms with Crippen LogP contribution in [0.25, 0.3) is 5.65 Å². The molecule has 0 aliphatic rings. The fraction of sp³-hybridized carbons (Fsp3) is 0.231. The van der Waals surface area contributed by atoms with Crippen molar-refractivity contribution in [2.24, 2.45) is 0 Å². The summed E-state index contributed by atoms with van der Waals surface area (Å²) in [6.45, 7) is 0.857. The van der Waals surface area contributed by atoms with Gasteiger partial charge in [-0.15, -0.1) is 5.10 Å². The van der Waals surface area contributed by atoms with Crippen LogP contribution in [0.2, 0.25) is 0 Å². The van der Waals surface area contributed by atoms with Crippen LogP contribution in [0.1, 0.15) is 12.0 Å². The van der Waals surface area contributed by atoms with Gasteiger partial charge in [-0.25, -0.2) is 0 Å². The molecule has 0 saturated heterocycles. The topological polar surface area (TPSA) is 68.0 Å². The van der Waals surface area contributed by atoms with E-state index < -0.39 is 0 Å². The molecule has 0 aliphatic carbocycles. The van der Waals surface area contributed by atoms with Crippen LogP contribution >= 0.6 is 0 Å². The number of aryl methyl sites for hydroxylation is 1. The van der Waals surface area contributed by atoms with Crippen LogP contribution in [-0.2, 0) is 6.42 Å². The Hall–Kier alpha value is -2.50. The van der Waals surface area contributed by atoms with Crippen molar-refractivity contribution in [3.8, 4) is 0 Å². The Morgan fingerprint density at radius 2 is 2.00 bits per heavy atom. The molecule has 1 aromatic carbocycles. The molecular weight excluding hydrogens is 240 g/mol. The Morgan fingerprint density at radius 1 is 1.11 bits per heavy atom. The summed E-state index contributed by atoms with van der Waals surface area (Å²) in [6, 6.07) is 10.4. The van der Waals surface area contributed by atoms with Crippen LogP contribution in [-0.4, -0.2) is 31.6 Å². The smallest absolute Gasteiger partial charge is 0.199 e. The van der Waals surface area contributed by atoms with Gasteiger partial charge in [0.1, 0.15) is 5.82 Å². The highest BCUT2D eigenvalue weighted by Gasteiger charge is 2.02. The zero-order valence-electron chi connectivity index (χ0n) is 10.4. The van der Waals surface area contributed by atoms with E-state index in [9.17, 15) is 0 Å². The minimum atomic E-state index is 0.646. The number of aromatic nitrogens is 5. The lowest BCUT2D eigenvalue weighted by atomic mass is 10.1. The van der Waals surface area contributed by atoms with Gasteiger partial charge in [-0.1, -0.05) is 30.3 Å². The average molecular weight is 254 g/mol. The minimum absolute atomic E-state index is 0.646. The molecule has 3 aromatic rings. The maximum Gasteiger partial charge on any atom is 0.199 e. The third kappa shape index (κ3) is 2.67. The second kappa shape index (κ2) is 5.43. The van der Waals surface area contributed by atoms with Crippen LogP contribution < -0.4 is 5.32 Å². The lowest BCUT2D eigenvalue weighted by Gasteiger charge is -2.06. The van der Waals surface area contributed by atoms with Crippen LogP contribution in [0.3, 0.4) is 0 Å². The lowest BCUT2D eigenvalue weighted by Crippen LogP contribution is -2.08. The van der Waals surface area contributed by atoms with Crippen molar-refractivity contribution >= 4 is 11.5 Å². The van der Waals surface area contributed by atoms with Crippen LogP contribution in [0, 0.1) is 0 Å². The third-order valence-corrected chi connectivity index (χ3v) is 2.90. The first-order chi connectivity index (χ1) is 9.43. The number of hydrogen-bond acceptors (Lipinski definition) is 5. The summed E-state index contributed by atoms with van der Waals surface area (Å²) < 4.78 is 1.65. The first kappa shape index (κ1) is 11.6. The number of hydrogen-bond donors (Lipinski definition) is 1. The van der Waals surface area contributed by atoms with E-state index in [2.05, 4.69) is 50.1 Å². The summed E-state index contributed by atoms with van der Waals surface area (Å²) in [5.41, 5.74) is 2.00. The van der Waals surface area contributed by atoms with Crippen LogP contribution in [0.4, 0.5) is 5.82 Å². The molecule has 0 spiro atoms. The molecule has 0 amide bonds. The van der Waals surface area contributed by atoms with E-state index in [4.69, 9.17) is 0 Å². The van der Waals surface area contributed by atoms with Crippen molar-refractivity contribution in [2.75, 3.05) is 11.9 Å². The number of benzene rings is 1. The van der Waals surface area contributed by atoms with Gasteiger partial charge in [0.05, 0.1) is 12.4 Å². The lowest BCUT2D eigenvalue weighted by molar-refractivity contribution is 0.805. The summed E-state index contributed by atoms with van der Waals surface area (Å²) in [5, 5.41) is 14.7. The van der Waals surface area contributed by atoms with Gasteiger partial charge in [0.15, 0.2) is 5.65 Å². The molecule has 19 heavy (non-hydrogen) atoms. The van der Waals surface area contributed by atoms with Crippen molar-refractivity contribution in [1.29, 1.82) is 0 Å². The Labute approximate surface area is 110 Å². The number of anilines is 1. The van der Waals surface area contributed by atoms with Crippen molar-refractivity contribution < 1.29 is 0 Å². The summed E-state index contributed by atoms with van der Waals surface area (Å²) >= 11 is 0. The highest BCUT2D eigenvalue weighted by molar-refractivity contribution is 5.43. The van der Waals surface area contributed by atoms with Gasteiger partial charge >= 0.3 is 0 Å². The second-order valence-corrected chi connectivity index (χ2v) is 4.26. The van der Waals surface area contributed by atoms with Gasteiger partial charge < -0.3 is 5.32 Å². The van der Waals surface area contributed by atoms with Gasteiger partial charge in [0.2, 0.25) is 0 Å². The standard InChI is InChI=1S/C13H14N6/c1-2-5-11(6-3-1)7-4-8-15-12-9-14-10-13-16-17-18-19(12)13/h1-3,5-6,9-10,15H,4,7-8H2. The quantitative estimate of drug-likeness (QED) is 0.700. The summed E-state index contributed by atoms with van der Waals surface area (Å²) in [7, 11) is 0. The highest BCUT2D eigenvalue weighted by Crippen LogP contribution is 2.07. The first-order valence-corrected chi connectivity index (χ1v) is 6.23. The van der Waals surface area contributed by atoms with E-state index in [1.54, 1.807) is 16.9 Å². The van der Waals surface area contributed by atoms with Gasteiger partial charge in [-0.3, -0.25) is 4.98 Å². The second-order valence-electron chi connectivity index (χ2n) is 4.26. The maximum atomic E-state index is 4.10. The highest BCUT2D eigenvalue weighted by atomic mass is 15.5. The van der Waals surface area contributed by atoms with Gasteiger partial charge in [0, 0.05) is 6.54 Å². The summed E-state index contributed by atoms with van der Waals surface area (Å²) in [5.74, 6) is 0.815. The van der Waals surface area contributed by atoms with E-state index in [1.807, 2.05) is 6.07 Å². The molecule has 0 unspecified atom stereocenters. The van der Waals surface area contributed by atoms with Gasteiger partial charge in [-0.05, 0) is 28.8 Å². The molecule has 2 aromatic heterocycles. The molecule has 6 nitrogen and oxygen atoms in total. The predicted molar refractivity (Wildman–Crippen MR) is 71.8 cm³/mol. The number of rotatable bonds is 5. The Morgan fingerprint density at radius 3 is 2.89 bits per heavy atom. The minimum Gasteiger partial charge on any atom is -0.369 e. The van der Waals surface area contributed by atoms with Crippen molar-refractivity contribution in [1.82, 2.24) is 25.0 Å². The van der Waals surface area contributed by atoms with Crippen molar-refractivity contribution in [3.63, 3.8) is 0 Å². The number of fused-ring (bicyclic) bond motifs is 1. The summed E-state index contributed by atoms with van der Waals surface area (Å²) in [4.78, 5) is 4.10. The molecule has 0 bridgehead atoms. The molecule has 0 fully saturated rings. The van der Waals surface area contributed by atoms with Crippen molar-refractivity contribution in [2.45, 2.75) is 12.8 Å². The monoisotopic (exact) mass is 254 g/mol. The Bertz CT molecular complexity index is 648. The largest absolute Gasteiger partial charge is 0.369 e. The van der Waals surface area contributed by atoms with Crippen LogP contribution in [0.5, 0.6) is 0 Å². The van der Waals surface area contributed by atoms with Gasteiger partial charge in [0.25, 0.3) is 0 Å². The summed E-state index contributed by atoms with van der Waals surface area (Å²) in [6.07, 6.45) is 5.45. The Kier molecular flexibility index (Phi) is 3.31. The molecule has 1 N–H and O–H groups in total. The molecule has 6 heteroatoms. The van der Waals surface area contributed by atoms with Gasteiger partial charge in [-0.2, -0.15) is 4.52 Å². The molecule has 3 rings (SSSR count). The fourth-order valence-electron chi connectivity index (χ4n) is 1.95. The number of tetrazole rings is 1. The maximum absolute atomic E-state index is 4.10. The van der Waals surface area contributed by atoms with E-state index >= 15 is 0 Å². The zero-order valence-corrected chi connectivity index (χ0v) is 10.4. The van der Waals surface area contributed by atoms with E-state index in [1.165, 1.54) is 5.56 Å². The number of nitrogens with one attached hydrogen (secondary N) is 1. The Balaban J connectivity index is 1.57. The van der Waals surface area contributed by atoms with Crippen molar-refractivity contribution in [3.05, 3.63) is 48.3 Å². The molecule has 0 radical (unpaired) electrons. The fourth-order valence-corrected chi connectivity index (χ4v) is 1.95. The molecular formula is C13H14N6. The molecule has 0 aliphatic heterocycles. The molecule has 0 saturated carbocycles. The molecule has 0 atom stereocenters.